The van der Waals surface area contributed by atoms with Crippen LogP contribution < -0.4 is 15.0 Å². The van der Waals surface area contributed by atoms with Crippen molar-refractivity contribution in [3.8, 4) is 11.5 Å². The summed E-state index contributed by atoms with van der Waals surface area (Å²) in [6.07, 6.45) is 0. The molecule has 2 aromatic rings. The molecule has 0 aliphatic rings. The van der Waals surface area contributed by atoms with Crippen molar-refractivity contribution in [1.82, 2.24) is 5.48 Å². The summed E-state index contributed by atoms with van der Waals surface area (Å²) in [6, 6.07) is 12.6. The molecule has 24 heavy (non-hydrogen) atoms. The maximum atomic E-state index is 11.9. The van der Waals surface area contributed by atoms with Crippen LogP contribution in [0.4, 0.5) is 0 Å². The molecular weight excluding hydrogens is 330 g/mol. The van der Waals surface area contributed by atoms with Crippen LogP contribution in [-0.4, -0.2) is 13.1 Å². The summed E-state index contributed by atoms with van der Waals surface area (Å²) >= 11 is 6.12. The first-order chi connectivity index (χ1) is 11.5. The van der Waals surface area contributed by atoms with Crippen LogP contribution in [-0.2, 0) is 16.2 Å². The standard InChI is InChI=1S/C18H18ClNO4/c1-12-8-9-15(19)17(10-12)23-11-14-6-4-5-7-16(14)24-18(21)13(2)20-22-3/h4-10,20H,2,11H2,1,3H3. The molecule has 0 amide bonds. The van der Waals surface area contributed by atoms with E-state index in [1.54, 1.807) is 24.3 Å². The van der Waals surface area contributed by atoms with Crippen LogP contribution in [0.3, 0.4) is 0 Å². The van der Waals surface area contributed by atoms with E-state index in [0.29, 0.717) is 22.1 Å². The maximum Gasteiger partial charge on any atom is 0.361 e. The average Bonchev–Trinajstić information content (AvgIpc) is 2.57. The van der Waals surface area contributed by atoms with Crippen molar-refractivity contribution in [2.45, 2.75) is 13.5 Å². The highest BCUT2D eigenvalue weighted by atomic mass is 35.5. The van der Waals surface area contributed by atoms with Crippen molar-refractivity contribution in [2.24, 2.45) is 0 Å². The summed E-state index contributed by atoms with van der Waals surface area (Å²) in [7, 11) is 1.38. The molecule has 0 saturated heterocycles. The first-order valence-corrected chi connectivity index (χ1v) is 7.56. The van der Waals surface area contributed by atoms with E-state index < -0.39 is 5.97 Å². The van der Waals surface area contributed by atoms with Crippen molar-refractivity contribution in [3.63, 3.8) is 0 Å². The van der Waals surface area contributed by atoms with Gasteiger partial charge in [0, 0.05) is 5.56 Å². The molecule has 1 N–H and O–H groups in total. The Morgan fingerprint density at radius 2 is 1.96 bits per heavy atom. The number of hydrogen-bond acceptors (Lipinski definition) is 5. The molecule has 0 saturated carbocycles. The number of carbonyl (C=O) groups excluding carboxylic acids is 1. The smallest absolute Gasteiger partial charge is 0.361 e. The van der Waals surface area contributed by atoms with Gasteiger partial charge in [-0.2, -0.15) is 0 Å². The van der Waals surface area contributed by atoms with E-state index in [9.17, 15) is 4.79 Å². The molecule has 0 bridgehead atoms. The third-order valence-electron chi connectivity index (χ3n) is 3.12. The highest BCUT2D eigenvalue weighted by Gasteiger charge is 2.13. The molecular formula is C18H18ClNO4. The molecule has 0 unspecified atom stereocenters. The second-order valence-electron chi connectivity index (χ2n) is 5.00. The lowest BCUT2D eigenvalue weighted by Crippen LogP contribution is -2.22. The second kappa shape index (κ2) is 8.38. The largest absolute Gasteiger partial charge is 0.487 e. The number of rotatable bonds is 7. The van der Waals surface area contributed by atoms with Gasteiger partial charge in [0.15, 0.2) is 0 Å². The summed E-state index contributed by atoms with van der Waals surface area (Å²) in [4.78, 5) is 16.5. The van der Waals surface area contributed by atoms with Crippen LogP contribution in [0.2, 0.25) is 5.02 Å². The lowest BCUT2D eigenvalue weighted by Gasteiger charge is -2.13. The summed E-state index contributed by atoms with van der Waals surface area (Å²) in [6.45, 7) is 5.68. The summed E-state index contributed by atoms with van der Waals surface area (Å²) in [5.41, 5.74) is 4.07. The van der Waals surface area contributed by atoms with Crippen molar-refractivity contribution < 1.29 is 19.1 Å². The zero-order valence-corrected chi connectivity index (χ0v) is 14.2. The molecule has 0 fully saturated rings. The monoisotopic (exact) mass is 347 g/mol. The number of halogens is 1. The fourth-order valence-electron chi connectivity index (χ4n) is 1.93. The third kappa shape index (κ3) is 4.75. The lowest BCUT2D eigenvalue weighted by atomic mass is 10.2. The Balaban J connectivity index is 2.10. The molecule has 0 spiro atoms. The summed E-state index contributed by atoms with van der Waals surface area (Å²) < 4.78 is 11.1. The number of hydrogen-bond donors (Lipinski definition) is 1. The summed E-state index contributed by atoms with van der Waals surface area (Å²) in [5, 5.41) is 0.521. The molecule has 5 nitrogen and oxygen atoms in total. The summed E-state index contributed by atoms with van der Waals surface area (Å²) in [5.74, 6) is 0.312. The van der Waals surface area contributed by atoms with Crippen LogP contribution in [0.15, 0.2) is 54.7 Å². The topological polar surface area (TPSA) is 56.8 Å². The maximum absolute atomic E-state index is 11.9. The molecule has 2 aromatic carbocycles. The number of hydroxylamine groups is 1. The average molecular weight is 348 g/mol. The Kier molecular flexibility index (Phi) is 6.23. The quantitative estimate of drug-likeness (QED) is 0.357. The molecule has 0 atom stereocenters. The SMILES string of the molecule is C=C(NOC)C(=O)Oc1ccccc1COc1cc(C)ccc1Cl. The van der Waals surface area contributed by atoms with Crippen LogP contribution in [0.1, 0.15) is 11.1 Å². The van der Waals surface area contributed by atoms with E-state index in [2.05, 4.69) is 16.9 Å². The van der Waals surface area contributed by atoms with Crippen molar-refractivity contribution in [3.05, 3.63) is 70.9 Å². The van der Waals surface area contributed by atoms with E-state index in [0.717, 1.165) is 5.56 Å². The normalized spacial score (nSPS) is 10.1. The van der Waals surface area contributed by atoms with Gasteiger partial charge in [0.1, 0.15) is 23.8 Å². The van der Waals surface area contributed by atoms with Gasteiger partial charge < -0.3 is 9.47 Å². The minimum Gasteiger partial charge on any atom is -0.487 e. The predicted molar refractivity (Wildman–Crippen MR) is 91.9 cm³/mol. The van der Waals surface area contributed by atoms with Crippen molar-refractivity contribution >= 4 is 17.6 Å². The third-order valence-corrected chi connectivity index (χ3v) is 3.43. The van der Waals surface area contributed by atoms with E-state index in [1.165, 1.54) is 7.11 Å². The van der Waals surface area contributed by atoms with Gasteiger partial charge in [0.2, 0.25) is 0 Å². The van der Waals surface area contributed by atoms with Gasteiger partial charge >= 0.3 is 5.97 Å². The van der Waals surface area contributed by atoms with Gasteiger partial charge in [-0.3, -0.25) is 10.3 Å². The molecule has 0 aliphatic heterocycles. The second-order valence-corrected chi connectivity index (χ2v) is 5.41. The Morgan fingerprint density at radius 1 is 1.21 bits per heavy atom. The minimum atomic E-state index is -0.641. The van der Waals surface area contributed by atoms with Gasteiger partial charge in [0.05, 0.1) is 12.1 Å². The Morgan fingerprint density at radius 3 is 2.71 bits per heavy atom. The zero-order chi connectivity index (χ0) is 17.5. The van der Waals surface area contributed by atoms with Gasteiger partial charge in [-0.05, 0) is 30.7 Å². The number of benzene rings is 2. The first-order valence-electron chi connectivity index (χ1n) is 7.18. The fourth-order valence-corrected chi connectivity index (χ4v) is 2.10. The molecule has 2 rings (SSSR count). The van der Waals surface area contributed by atoms with Crippen LogP contribution >= 0.6 is 11.6 Å². The number of aryl methyl sites for hydroxylation is 1. The minimum absolute atomic E-state index is 0.00468. The van der Waals surface area contributed by atoms with Crippen LogP contribution in [0, 0.1) is 6.92 Å². The molecule has 0 aliphatic carbocycles. The Hall–Kier alpha value is -2.50. The Labute approximate surface area is 145 Å². The van der Waals surface area contributed by atoms with Gasteiger partial charge in [0.25, 0.3) is 0 Å². The van der Waals surface area contributed by atoms with E-state index in [-0.39, 0.29) is 12.3 Å². The molecule has 0 aromatic heterocycles. The molecule has 6 heteroatoms. The predicted octanol–water partition coefficient (Wildman–Crippen LogP) is 3.80. The van der Waals surface area contributed by atoms with E-state index >= 15 is 0 Å². The van der Waals surface area contributed by atoms with E-state index in [1.807, 2.05) is 25.1 Å². The van der Waals surface area contributed by atoms with Crippen LogP contribution in [0.25, 0.3) is 0 Å². The van der Waals surface area contributed by atoms with Crippen molar-refractivity contribution in [2.75, 3.05) is 7.11 Å². The zero-order valence-electron chi connectivity index (χ0n) is 13.5. The lowest BCUT2D eigenvalue weighted by molar-refractivity contribution is -0.131. The number of para-hydroxylation sites is 1. The number of esters is 1. The van der Waals surface area contributed by atoms with Gasteiger partial charge in [-0.25, -0.2) is 4.79 Å². The molecule has 0 heterocycles. The highest BCUT2D eigenvalue weighted by Crippen LogP contribution is 2.27. The highest BCUT2D eigenvalue weighted by molar-refractivity contribution is 6.32. The van der Waals surface area contributed by atoms with Crippen molar-refractivity contribution in [1.29, 1.82) is 0 Å². The first kappa shape index (κ1) is 17.8. The van der Waals surface area contributed by atoms with Gasteiger partial charge in [-0.1, -0.05) is 42.4 Å². The molecule has 0 radical (unpaired) electrons. The number of ether oxygens (including phenoxy) is 2. The fraction of sp³-hybridized carbons (Fsp3) is 0.167. The van der Waals surface area contributed by atoms with Crippen LogP contribution in [0.5, 0.6) is 11.5 Å². The molecule has 126 valence electrons. The Bertz CT molecular complexity index is 746. The number of carbonyl (C=O) groups is 1. The number of nitrogens with one attached hydrogen (secondary N) is 1. The van der Waals surface area contributed by atoms with Gasteiger partial charge in [-0.15, -0.1) is 0 Å². The van der Waals surface area contributed by atoms with E-state index in [4.69, 9.17) is 21.1 Å².